The van der Waals surface area contributed by atoms with Crippen LogP contribution in [0.2, 0.25) is 0 Å². The number of piperidine rings is 1. The van der Waals surface area contributed by atoms with E-state index in [4.69, 9.17) is 0 Å². The standard InChI is InChI=1S/C30H44F2N8O3S/c1-4-22(42)38-8-9-39(20-11-19(20)38)27-15-10-17(32)25-23-16(31)6-5-7-18(23)35-21(41)12-44-29-26(24(14(2)3)33-13-34-29)40(28(15)36-25)30(43)37-27/h4,11,14-19,23-29,33-34,36H,1,5-10,12-13H2,2-3H3,(H,35,41)(H,37,43)/t15?,16?,17?,18?,19-,23?,24?,25?,26?,27?,28?,29?/m0/s1. The van der Waals surface area contributed by atoms with Crippen molar-refractivity contribution in [3.05, 3.63) is 24.4 Å². The fourth-order valence-corrected chi connectivity index (χ4v) is 9.90. The van der Waals surface area contributed by atoms with Crippen LogP contribution in [-0.4, -0.2) is 118 Å². The van der Waals surface area contributed by atoms with Gasteiger partial charge in [-0.15, -0.1) is 11.8 Å². The normalized spacial score (nSPS) is 43.7. The van der Waals surface area contributed by atoms with Crippen LogP contribution in [0.15, 0.2) is 24.4 Å². The van der Waals surface area contributed by atoms with E-state index >= 15 is 8.78 Å². The lowest BCUT2D eigenvalue weighted by atomic mass is 9.72. The molecule has 5 N–H and O–H groups in total. The van der Waals surface area contributed by atoms with Gasteiger partial charge in [0.2, 0.25) is 11.8 Å². The molecule has 1 saturated carbocycles. The van der Waals surface area contributed by atoms with Gasteiger partial charge in [-0.2, -0.15) is 0 Å². The average Bonchev–Trinajstić information content (AvgIpc) is 3.80. The molecule has 6 fully saturated rings. The summed E-state index contributed by atoms with van der Waals surface area (Å²) in [6.45, 7) is 9.33. The first-order chi connectivity index (χ1) is 21.2. The highest BCUT2D eigenvalue weighted by molar-refractivity contribution is 8.00. The summed E-state index contributed by atoms with van der Waals surface area (Å²) in [5.74, 6) is -1.09. The molecule has 44 heavy (non-hydrogen) atoms. The molecule has 5 aliphatic heterocycles. The number of fused-ring (bicyclic) bond motifs is 6. The van der Waals surface area contributed by atoms with Crippen molar-refractivity contribution >= 4 is 29.6 Å². The third-order valence-corrected chi connectivity index (χ3v) is 12.1. The summed E-state index contributed by atoms with van der Waals surface area (Å²) in [6, 6.07) is -2.21. The number of thioether (sulfide) groups is 1. The molecule has 0 aromatic rings. The number of piperazine rings is 1. The molecule has 2 bridgehead atoms. The zero-order valence-electron chi connectivity index (χ0n) is 25.3. The van der Waals surface area contributed by atoms with Crippen LogP contribution in [0.1, 0.15) is 39.5 Å². The summed E-state index contributed by atoms with van der Waals surface area (Å²) >= 11 is 1.46. The van der Waals surface area contributed by atoms with Crippen molar-refractivity contribution in [2.75, 3.05) is 25.5 Å². The molecule has 0 spiro atoms. The predicted molar refractivity (Wildman–Crippen MR) is 162 cm³/mol. The predicted octanol–water partition coefficient (Wildman–Crippen LogP) is 0.816. The van der Waals surface area contributed by atoms with Gasteiger partial charge in [0.25, 0.3) is 0 Å². The number of hydrogen-bond acceptors (Lipinski definition) is 8. The monoisotopic (exact) mass is 634 g/mol. The van der Waals surface area contributed by atoms with E-state index in [0.29, 0.717) is 39.0 Å². The highest BCUT2D eigenvalue weighted by Crippen LogP contribution is 2.44. The number of carbonyl (C=O) groups is 3. The van der Waals surface area contributed by atoms with Gasteiger partial charge in [-0.3, -0.25) is 25.5 Å². The molecule has 12 atom stereocenters. The summed E-state index contributed by atoms with van der Waals surface area (Å²) in [5, 5.41) is 16.6. The molecule has 0 radical (unpaired) electrons. The van der Waals surface area contributed by atoms with E-state index in [-0.39, 0.29) is 65.4 Å². The summed E-state index contributed by atoms with van der Waals surface area (Å²) in [5.41, 5.74) is 0.948. The zero-order valence-corrected chi connectivity index (χ0v) is 26.1. The van der Waals surface area contributed by atoms with Crippen molar-refractivity contribution in [3.63, 3.8) is 0 Å². The molecule has 7 aliphatic rings. The van der Waals surface area contributed by atoms with Crippen molar-refractivity contribution in [1.29, 1.82) is 0 Å². The van der Waals surface area contributed by atoms with Crippen LogP contribution >= 0.6 is 11.8 Å². The molecule has 4 amide bonds. The molecule has 7 rings (SSSR count). The lowest BCUT2D eigenvalue weighted by molar-refractivity contribution is -0.128. The Morgan fingerprint density at radius 1 is 1.11 bits per heavy atom. The highest BCUT2D eigenvalue weighted by atomic mass is 32.2. The molecule has 5 heterocycles. The minimum absolute atomic E-state index is 0.0913. The number of hydrogen-bond donors (Lipinski definition) is 5. The van der Waals surface area contributed by atoms with Crippen LogP contribution in [0.5, 0.6) is 0 Å². The number of halogens is 2. The maximum Gasteiger partial charge on any atom is 0.320 e. The number of carbonyl (C=O) groups excluding carboxylic acids is 3. The van der Waals surface area contributed by atoms with Crippen LogP contribution in [0.3, 0.4) is 0 Å². The topological polar surface area (TPSA) is 121 Å². The number of urea groups is 1. The number of nitrogens with zero attached hydrogens (tertiary/aromatic N) is 3. The number of amides is 4. The molecular formula is C30H44F2N8O3S. The van der Waals surface area contributed by atoms with E-state index in [9.17, 15) is 14.4 Å². The quantitative estimate of drug-likeness (QED) is 0.290. The van der Waals surface area contributed by atoms with Gasteiger partial charge in [0.15, 0.2) is 0 Å². The molecule has 2 aliphatic carbocycles. The van der Waals surface area contributed by atoms with Gasteiger partial charge in [0.1, 0.15) is 18.5 Å². The fourth-order valence-electron chi connectivity index (χ4n) is 8.78. The number of rotatable bonds is 3. The third-order valence-electron chi connectivity index (χ3n) is 10.8. The van der Waals surface area contributed by atoms with E-state index in [2.05, 4.69) is 51.9 Å². The summed E-state index contributed by atoms with van der Waals surface area (Å²) < 4.78 is 32.3. The Morgan fingerprint density at radius 3 is 2.70 bits per heavy atom. The van der Waals surface area contributed by atoms with E-state index in [0.717, 1.165) is 5.70 Å². The van der Waals surface area contributed by atoms with Gasteiger partial charge in [-0.1, -0.05) is 20.4 Å². The van der Waals surface area contributed by atoms with Crippen molar-refractivity contribution in [2.45, 2.75) is 99.8 Å². The second kappa shape index (κ2) is 11.7. The van der Waals surface area contributed by atoms with Crippen LogP contribution in [0, 0.1) is 17.8 Å². The highest BCUT2D eigenvalue weighted by Gasteiger charge is 2.58. The molecule has 0 aromatic heterocycles. The van der Waals surface area contributed by atoms with E-state index in [1.165, 1.54) is 17.8 Å². The number of alkyl halides is 2. The molecule has 11 nitrogen and oxygen atoms in total. The fraction of sp³-hybridized carbons (Fsp3) is 0.767. The minimum atomic E-state index is -1.37. The van der Waals surface area contributed by atoms with Crippen LogP contribution in [-0.2, 0) is 9.59 Å². The molecule has 14 heteroatoms. The lowest BCUT2D eigenvalue weighted by Crippen LogP contribution is -2.81. The number of nitrogens with one attached hydrogen (secondary N) is 5. The van der Waals surface area contributed by atoms with Crippen LogP contribution in [0.4, 0.5) is 13.6 Å². The first-order valence-electron chi connectivity index (χ1n) is 16.1. The first-order valence-corrected chi connectivity index (χ1v) is 17.1. The summed E-state index contributed by atoms with van der Waals surface area (Å²) in [6.07, 6.45) is 1.32. The zero-order chi connectivity index (χ0) is 30.9. The maximum absolute atomic E-state index is 16.5. The Hall–Kier alpha value is -2.42. The van der Waals surface area contributed by atoms with Gasteiger partial charge in [0.05, 0.1) is 29.4 Å². The van der Waals surface area contributed by atoms with E-state index < -0.39 is 42.7 Å². The minimum Gasteiger partial charge on any atom is -0.352 e. The van der Waals surface area contributed by atoms with Crippen molar-refractivity contribution < 1.29 is 23.2 Å². The third kappa shape index (κ3) is 5.09. The SMILES string of the molecule is C=CC(=O)N1CCN(C2NC(=O)N3C4NC(C(F)CC24)C2C(F)CCCC2NC(=O)CSC2NCNC(C(C)C)C23)C2=C[C@@H]21. The van der Waals surface area contributed by atoms with Gasteiger partial charge < -0.3 is 25.3 Å². The summed E-state index contributed by atoms with van der Waals surface area (Å²) in [7, 11) is 0. The molecule has 0 aromatic carbocycles. The van der Waals surface area contributed by atoms with Gasteiger partial charge in [-0.05, 0) is 43.8 Å². The second-order valence-electron chi connectivity index (χ2n) is 13.6. The van der Waals surface area contributed by atoms with Gasteiger partial charge in [0, 0.05) is 55.4 Å². The Balaban J connectivity index is 1.27. The second-order valence-corrected chi connectivity index (χ2v) is 14.7. The Bertz CT molecular complexity index is 1220. The van der Waals surface area contributed by atoms with Gasteiger partial charge in [-0.25, -0.2) is 13.6 Å². The molecule has 11 unspecified atom stereocenters. The van der Waals surface area contributed by atoms with Crippen molar-refractivity contribution in [2.24, 2.45) is 17.8 Å². The first kappa shape index (κ1) is 30.2. The van der Waals surface area contributed by atoms with Gasteiger partial charge >= 0.3 is 6.03 Å². The summed E-state index contributed by atoms with van der Waals surface area (Å²) in [4.78, 5) is 45.7. The van der Waals surface area contributed by atoms with Crippen LogP contribution in [0.25, 0.3) is 0 Å². The molecular weight excluding hydrogens is 590 g/mol. The lowest BCUT2D eigenvalue weighted by Gasteiger charge is -2.59. The van der Waals surface area contributed by atoms with E-state index in [1.807, 2.05) is 11.0 Å². The Labute approximate surface area is 261 Å². The largest absolute Gasteiger partial charge is 0.352 e. The molecule has 5 saturated heterocycles. The van der Waals surface area contributed by atoms with Crippen LogP contribution < -0.4 is 26.6 Å². The Kier molecular flexibility index (Phi) is 8.07. The average molecular weight is 635 g/mol. The molecule has 242 valence electrons. The smallest absolute Gasteiger partial charge is 0.320 e. The Morgan fingerprint density at radius 2 is 1.93 bits per heavy atom. The van der Waals surface area contributed by atoms with E-state index in [1.54, 1.807) is 4.90 Å². The van der Waals surface area contributed by atoms with Crippen molar-refractivity contribution in [1.82, 2.24) is 41.3 Å². The maximum atomic E-state index is 16.5. The van der Waals surface area contributed by atoms with Crippen molar-refractivity contribution in [3.8, 4) is 0 Å².